The number of carbonyl (C=O) groups is 2. The molecule has 1 aromatic heterocycles. The number of alkyl carbamates (subject to hydrolysis) is 1. The average Bonchev–Trinajstić information content (AvgIpc) is 3.17. The highest BCUT2D eigenvalue weighted by Crippen LogP contribution is 2.25. The van der Waals surface area contributed by atoms with Crippen LogP contribution in [0, 0.1) is 0 Å². The molecule has 0 aliphatic carbocycles. The zero-order chi connectivity index (χ0) is 22.3. The number of rotatable bonds is 7. The van der Waals surface area contributed by atoms with E-state index in [-0.39, 0.29) is 18.9 Å². The highest BCUT2D eigenvalue weighted by molar-refractivity contribution is 6.08. The molecule has 3 aromatic carbocycles. The highest BCUT2D eigenvalue weighted by Gasteiger charge is 2.18. The van der Waals surface area contributed by atoms with Crippen molar-refractivity contribution in [3.63, 3.8) is 0 Å². The van der Waals surface area contributed by atoms with Gasteiger partial charge in [0.2, 0.25) is 5.91 Å². The molecule has 4 aromatic rings. The van der Waals surface area contributed by atoms with Gasteiger partial charge < -0.3 is 15.0 Å². The fraction of sp³-hybridized carbons (Fsp3) is 0.160. The van der Waals surface area contributed by atoms with E-state index >= 15 is 0 Å². The van der Waals surface area contributed by atoms with Crippen LogP contribution >= 0.6 is 0 Å². The van der Waals surface area contributed by atoms with Crippen molar-refractivity contribution in [2.75, 3.05) is 6.61 Å². The van der Waals surface area contributed by atoms with Crippen molar-refractivity contribution >= 4 is 40.0 Å². The molecule has 0 aliphatic heterocycles. The van der Waals surface area contributed by atoms with Crippen molar-refractivity contribution < 1.29 is 14.3 Å². The third-order valence-corrected chi connectivity index (χ3v) is 5.09. The van der Waals surface area contributed by atoms with Crippen molar-refractivity contribution in [2.45, 2.75) is 19.4 Å². The van der Waals surface area contributed by atoms with Crippen LogP contribution in [0.5, 0.6) is 0 Å². The Kier molecular flexibility index (Phi) is 6.46. The normalized spacial score (nSPS) is 12.2. The van der Waals surface area contributed by atoms with Crippen LogP contribution < -0.4 is 10.7 Å². The lowest BCUT2D eigenvalue weighted by atomic mass is 10.0. The van der Waals surface area contributed by atoms with E-state index in [0.717, 1.165) is 32.9 Å². The van der Waals surface area contributed by atoms with E-state index in [1.54, 1.807) is 13.1 Å². The van der Waals surface area contributed by atoms with Crippen LogP contribution in [-0.4, -0.2) is 29.8 Å². The molecule has 0 saturated heterocycles. The third-order valence-electron chi connectivity index (χ3n) is 5.09. The molecule has 0 radical (unpaired) electrons. The molecule has 0 aliphatic rings. The molecule has 4 rings (SSSR count). The highest BCUT2D eigenvalue weighted by atomic mass is 16.5. The quantitative estimate of drug-likeness (QED) is 0.295. The second kappa shape index (κ2) is 9.78. The lowest BCUT2D eigenvalue weighted by Gasteiger charge is -2.18. The Labute approximate surface area is 185 Å². The van der Waals surface area contributed by atoms with Crippen LogP contribution in [0.15, 0.2) is 77.9 Å². The van der Waals surface area contributed by atoms with Gasteiger partial charge in [-0.05, 0) is 36.2 Å². The SMILES string of the molecule is CCOC(=O)N[C@@H](CC(=O)N/N=C\c1ccc2[nH]c3ccccc3c2c1)c1ccccc1. The lowest BCUT2D eigenvalue weighted by Crippen LogP contribution is -2.33. The summed E-state index contributed by atoms with van der Waals surface area (Å²) in [5, 5.41) is 9.06. The van der Waals surface area contributed by atoms with Gasteiger partial charge in [0, 0.05) is 21.8 Å². The third kappa shape index (κ3) is 4.95. The van der Waals surface area contributed by atoms with Crippen LogP contribution in [0.1, 0.15) is 30.5 Å². The molecule has 7 heteroatoms. The van der Waals surface area contributed by atoms with Crippen LogP contribution in [0.25, 0.3) is 21.8 Å². The van der Waals surface area contributed by atoms with E-state index in [1.165, 1.54) is 0 Å². The average molecular weight is 428 g/mol. The lowest BCUT2D eigenvalue weighted by molar-refractivity contribution is -0.121. The molecular formula is C25H24N4O3. The summed E-state index contributed by atoms with van der Waals surface area (Å²) in [5.41, 5.74) is 6.34. The van der Waals surface area contributed by atoms with Gasteiger partial charge in [-0.1, -0.05) is 54.6 Å². The Morgan fingerprint density at radius 2 is 1.75 bits per heavy atom. The minimum Gasteiger partial charge on any atom is -0.450 e. The molecule has 0 fully saturated rings. The molecule has 1 heterocycles. The van der Waals surface area contributed by atoms with Gasteiger partial charge in [-0.15, -0.1) is 0 Å². The maximum Gasteiger partial charge on any atom is 0.407 e. The molecule has 0 saturated carbocycles. The molecule has 162 valence electrons. The number of hydrazone groups is 1. The molecule has 2 amide bonds. The van der Waals surface area contributed by atoms with Crippen LogP contribution in [-0.2, 0) is 9.53 Å². The maximum atomic E-state index is 12.5. The van der Waals surface area contributed by atoms with Gasteiger partial charge in [-0.25, -0.2) is 10.2 Å². The number of fused-ring (bicyclic) bond motifs is 3. The Morgan fingerprint density at radius 1 is 1.00 bits per heavy atom. The number of hydrogen-bond donors (Lipinski definition) is 3. The Balaban J connectivity index is 1.43. The summed E-state index contributed by atoms with van der Waals surface area (Å²) in [5.74, 6) is -0.319. The molecule has 7 nitrogen and oxygen atoms in total. The van der Waals surface area contributed by atoms with Gasteiger partial charge >= 0.3 is 6.09 Å². The first kappa shape index (κ1) is 21.1. The Morgan fingerprint density at radius 3 is 2.56 bits per heavy atom. The van der Waals surface area contributed by atoms with Crippen LogP contribution in [0.2, 0.25) is 0 Å². The van der Waals surface area contributed by atoms with Gasteiger partial charge in [0.1, 0.15) is 0 Å². The van der Waals surface area contributed by atoms with Crippen molar-refractivity contribution in [1.29, 1.82) is 0 Å². The summed E-state index contributed by atoms with van der Waals surface area (Å²) in [6.07, 6.45) is 1.07. The molecule has 32 heavy (non-hydrogen) atoms. The summed E-state index contributed by atoms with van der Waals surface area (Å²) in [6.45, 7) is 1.98. The number of ether oxygens (including phenoxy) is 1. The molecule has 1 atom stereocenters. The molecule has 0 unspecified atom stereocenters. The number of hydrogen-bond acceptors (Lipinski definition) is 4. The number of nitrogens with one attached hydrogen (secondary N) is 3. The number of carbonyl (C=O) groups excluding carboxylic acids is 2. The van der Waals surface area contributed by atoms with E-state index in [9.17, 15) is 9.59 Å². The smallest absolute Gasteiger partial charge is 0.407 e. The van der Waals surface area contributed by atoms with Crippen LogP contribution in [0.4, 0.5) is 4.79 Å². The van der Waals surface area contributed by atoms with E-state index in [0.29, 0.717) is 0 Å². The number of benzene rings is 3. The first-order chi connectivity index (χ1) is 15.6. The maximum absolute atomic E-state index is 12.5. The molecule has 3 N–H and O–H groups in total. The number of H-pyrrole nitrogens is 1. The number of nitrogens with zero attached hydrogens (tertiary/aromatic N) is 1. The van der Waals surface area contributed by atoms with Gasteiger partial charge in [-0.2, -0.15) is 5.10 Å². The van der Waals surface area contributed by atoms with E-state index in [1.807, 2.05) is 66.7 Å². The van der Waals surface area contributed by atoms with Gasteiger partial charge in [0.05, 0.1) is 25.3 Å². The first-order valence-corrected chi connectivity index (χ1v) is 10.4. The number of aromatic amines is 1. The monoisotopic (exact) mass is 428 g/mol. The van der Waals surface area contributed by atoms with Gasteiger partial charge in [0.15, 0.2) is 0 Å². The fourth-order valence-electron chi connectivity index (χ4n) is 3.61. The summed E-state index contributed by atoms with van der Waals surface area (Å²) in [6, 6.07) is 22.8. The second-order valence-corrected chi connectivity index (χ2v) is 7.30. The predicted octanol–water partition coefficient (Wildman–Crippen LogP) is 4.65. The summed E-state index contributed by atoms with van der Waals surface area (Å²) in [7, 11) is 0. The van der Waals surface area contributed by atoms with Gasteiger partial charge in [-0.3, -0.25) is 4.79 Å². The minimum atomic E-state index is -0.565. The van der Waals surface area contributed by atoms with Crippen molar-refractivity contribution in [1.82, 2.24) is 15.7 Å². The van der Waals surface area contributed by atoms with Crippen molar-refractivity contribution in [3.8, 4) is 0 Å². The van der Waals surface area contributed by atoms with E-state index in [2.05, 4.69) is 26.9 Å². The second-order valence-electron chi connectivity index (χ2n) is 7.30. The zero-order valence-corrected chi connectivity index (χ0v) is 17.7. The van der Waals surface area contributed by atoms with E-state index in [4.69, 9.17) is 4.74 Å². The Hall–Kier alpha value is -4.13. The Bertz CT molecular complexity index is 1260. The minimum absolute atomic E-state index is 0.0294. The zero-order valence-electron chi connectivity index (χ0n) is 17.7. The largest absolute Gasteiger partial charge is 0.450 e. The van der Waals surface area contributed by atoms with Crippen molar-refractivity contribution in [2.24, 2.45) is 5.10 Å². The standard InChI is InChI=1S/C25H24N4O3/c1-2-32-25(31)28-23(18-8-4-3-5-9-18)15-24(30)29-26-16-17-12-13-22-20(14-17)19-10-6-7-11-21(19)27-22/h3-14,16,23,27H,2,15H2,1H3,(H,28,31)(H,29,30)/b26-16-/t23-/m0/s1. The topological polar surface area (TPSA) is 95.6 Å². The van der Waals surface area contributed by atoms with Crippen LogP contribution in [0.3, 0.4) is 0 Å². The fourth-order valence-corrected chi connectivity index (χ4v) is 3.61. The molecular weight excluding hydrogens is 404 g/mol. The first-order valence-electron chi connectivity index (χ1n) is 10.4. The van der Waals surface area contributed by atoms with E-state index < -0.39 is 12.1 Å². The molecule has 0 bridgehead atoms. The van der Waals surface area contributed by atoms with Gasteiger partial charge in [0.25, 0.3) is 0 Å². The number of amides is 2. The number of aromatic nitrogens is 1. The summed E-state index contributed by atoms with van der Waals surface area (Å²) < 4.78 is 4.96. The summed E-state index contributed by atoms with van der Waals surface area (Å²) >= 11 is 0. The number of para-hydroxylation sites is 1. The van der Waals surface area contributed by atoms with Crippen molar-refractivity contribution in [3.05, 3.63) is 83.9 Å². The molecule has 0 spiro atoms. The predicted molar refractivity (Wildman–Crippen MR) is 125 cm³/mol. The summed E-state index contributed by atoms with van der Waals surface area (Å²) in [4.78, 5) is 27.8.